The van der Waals surface area contributed by atoms with Gasteiger partial charge in [0.25, 0.3) is 0 Å². The Morgan fingerprint density at radius 2 is 2.58 bits per heavy atom. The van der Waals surface area contributed by atoms with E-state index >= 15 is 0 Å². The van der Waals surface area contributed by atoms with Crippen molar-refractivity contribution in [3.05, 3.63) is 11.6 Å². The van der Waals surface area contributed by atoms with Crippen LogP contribution < -0.4 is 11.1 Å². The van der Waals surface area contributed by atoms with Crippen LogP contribution in [0.3, 0.4) is 0 Å². The molecule has 1 aromatic rings. The maximum Gasteiger partial charge on any atom is 0.158 e. The first-order valence-corrected chi connectivity index (χ1v) is 3.56. The van der Waals surface area contributed by atoms with E-state index in [-0.39, 0.29) is 5.82 Å². The first-order chi connectivity index (χ1) is 5.83. The van der Waals surface area contributed by atoms with Gasteiger partial charge in [-0.2, -0.15) is 0 Å². The van der Waals surface area contributed by atoms with Crippen LogP contribution in [0.15, 0.2) is 6.08 Å². The van der Waals surface area contributed by atoms with Gasteiger partial charge in [-0.25, -0.2) is 4.68 Å². The van der Waals surface area contributed by atoms with Crippen LogP contribution in [0.4, 0.5) is 11.6 Å². The number of rotatable bonds is 1. The van der Waals surface area contributed by atoms with Crippen LogP contribution in [0.2, 0.25) is 0 Å². The second-order valence-corrected chi connectivity index (χ2v) is 2.48. The van der Waals surface area contributed by atoms with Crippen LogP contribution >= 0.6 is 0 Å². The molecule has 62 valence electrons. The third-order valence-corrected chi connectivity index (χ3v) is 1.73. The Morgan fingerprint density at radius 3 is 3.33 bits per heavy atom. The molecule has 0 spiro atoms. The van der Waals surface area contributed by atoms with Gasteiger partial charge in [0.05, 0.1) is 0 Å². The van der Waals surface area contributed by atoms with E-state index in [9.17, 15) is 4.79 Å². The van der Waals surface area contributed by atoms with Gasteiger partial charge < -0.3 is 11.1 Å². The van der Waals surface area contributed by atoms with E-state index in [1.54, 1.807) is 10.9 Å². The second-order valence-electron chi connectivity index (χ2n) is 2.48. The highest BCUT2D eigenvalue weighted by Gasteiger charge is 2.14. The molecule has 5 nitrogen and oxygen atoms in total. The summed E-state index contributed by atoms with van der Waals surface area (Å²) in [5, 5.41) is 6.94. The lowest BCUT2D eigenvalue weighted by molar-refractivity contribution is 0.112. The molecule has 0 amide bonds. The molecule has 0 atom stereocenters. The number of carbonyl (C=O) groups is 1. The molecular formula is C7H8N4O. The van der Waals surface area contributed by atoms with Gasteiger partial charge in [0.2, 0.25) is 0 Å². The van der Waals surface area contributed by atoms with E-state index in [4.69, 9.17) is 5.73 Å². The number of nitrogens with two attached hydrogens (primary N) is 1. The van der Waals surface area contributed by atoms with Crippen molar-refractivity contribution in [3.63, 3.8) is 0 Å². The topological polar surface area (TPSA) is 72.9 Å². The van der Waals surface area contributed by atoms with Crippen LogP contribution in [0.5, 0.6) is 0 Å². The van der Waals surface area contributed by atoms with Gasteiger partial charge in [0.15, 0.2) is 12.1 Å². The van der Waals surface area contributed by atoms with Crippen molar-refractivity contribution in [2.45, 2.75) is 0 Å². The standard InChI is InChI=1S/C7H8N4O/c8-6-5(4-12)7-9-2-1-3-11(7)10-6/h1,3-4,9H,2H2,(H2,8,10). The third-order valence-electron chi connectivity index (χ3n) is 1.73. The van der Waals surface area contributed by atoms with Gasteiger partial charge in [0.1, 0.15) is 11.4 Å². The van der Waals surface area contributed by atoms with Crippen LogP contribution in [0, 0.1) is 0 Å². The lowest BCUT2D eigenvalue weighted by Gasteiger charge is -2.09. The van der Waals surface area contributed by atoms with Crippen LogP contribution in [0.1, 0.15) is 10.4 Å². The predicted molar refractivity (Wildman–Crippen MR) is 45.8 cm³/mol. The minimum Gasteiger partial charge on any atom is -0.382 e. The van der Waals surface area contributed by atoms with Crippen LogP contribution in [-0.2, 0) is 0 Å². The summed E-state index contributed by atoms with van der Waals surface area (Å²) in [6, 6.07) is 0. The average Bonchev–Trinajstić information content (AvgIpc) is 2.40. The summed E-state index contributed by atoms with van der Waals surface area (Å²) < 4.78 is 1.56. The lowest BCUT2D eigenvalue weighted by Crippen LogP contribution is -2.09. The molecule has 0 unspecified atom stereocenters. The Labute approximate surface area is 68.9 Å². The maximum absolute atomic E-state index is 10.6. The van der Waals surface area contributed by atoms with Crippen molar-refractivity contribution in [3.8, 4) is 0 Å². The summed E-state index contributed by atoms with van der Waals surface area (Å²) in [5.41, 5.74) is 5.92. The number of nitrogen functional groups attached to an aromatic ring is 1. The Balaban J connectivity index is 2.62. The van der Waals surface area contributed by atoms with Crippen LogP contribution in [-0.4, -0.2) is 22.6 Å². The minimum absolute atomic E-state index is 0.263. The summed E-state index contributed by atoms with van der Waals surface area (Å²) in [6.45, 7) is 0.700. The summed E-state index contributed by atoms with van der Waals surface area (Å²) in [6.07, 6.45) is 4.38. The lowest BCUT2D eigenvalue weighted by atomic mass is 10.3. The Hall–Kier alpha value is -1.78. The molecule has 0 bridgehead atoms. The number of hydrogen-bond donors (Lipinski definition) is 2. The minimum atomic E-state index is 0.263. The summed E-state index contributed by atoms with van der Waals surface area (Å²) in [5.74, 6) is 0.934. The van der Waals surface area contributed by atoms with Crippen molar-refractivity contribution < 1.29 is 4.79 Å². The zero-order chi connectivity index (χ0) is 8.55. The number of hydrogen-bond acceptors (Lipinski definition) is 4. The zero-order valence-corrected chi connectivity index (χ0v) is 6.32. The summed E-state index contributed by atoms with van der Waals surface area (Å²) in [7, 11) is 0. The van der Waals surface area contributed by atoms with Gasteiger partial charge in [-0.3, -0.25) is 4.79 Å². The van der Waals surface area contributed by atoms with E-state index < -0.39 is 0 Å². The molecule has 5 heteroatoms. The first-order valence-electron chi connectivity index (χ1n) is 3.56. The average molecular weight is 164 g/mol. The monoisotopic (exact) mass is 164 g/mol. The van der Waals surface area contributed by atoms with E-state index in [2.05, 4.69) is 10.4 Å². The number of fused-ring (bicyclic) bond motifs is 1. The fourth-order valence-corrected chi connectivity index (χ4v) is 1.17. The molecule has 1 aliphatic rings. The van der Waals surface area contributed by atoms with E-state index in [1.807, 2.05) is 6.08 Å². The highest BCUT2D eigenvalue weighted by atomic mass is 16.1. The number of anilines is 2. The Kier molecular flexibility index (Phi) is 1.36. The Morgan fingerprint density at radius 1 is 1.75 bits per heavy atom. The van der Waals surface area contributed by atoms with Crippen LogP contribution in [0.25, 0.3) is 6.20 Å². The molecule has 2 heterocycles. The van der Waals surface area contributed by atoms with E-state index in [0.29, 0.717) is 24.2 Å². The van der Waals surface area contributed by atoms with Gasteiger partial charge in [-0.15, -0.1) is 5.10 Å². The molecule has 0 fully saturated rings. The third kappa shape index (κ3) is 0.795. The number of aldehydes is 1. The van der Waals surface area contributed by atoms with E-state index in [1.165, 1.54) is 0 Å². The van der Waals surface area contributed by atoms with Crippen molar-refractivity contribution in [2.24, 2.45) is 0 Å². The Bertz CT molecular complexity index is 353. The quantitative estimate of drug-likeness (QED) is 0.580. The van der Waals surface area contributed by atoms with Gasteiger partial charge in [-0.05, 0) is 6.08 Å². The molecule has 3 N–H and O–H groups in total. The predicted octanol–water partition coefficient (Wildman–Crippen LogP) is 0.174. The number of nitrogens with one attached hydrogen (secondary N) is 1. The fourth-order valence-electron chi connectivity index (χ4n) is 1.17. The normalized spacial score (nSPS) is 13.7. The van der Waals surface area contributed by atoms with Gasteiger partial charge in [-0.1, -0.05) is 0 Å². The largest absolute Gasteiger partial charge is 0.382 e. The second kappa shape index (κ2) is 2.37. The smallest absolute Gasteiger partial charge is 0.158 e. The fraction of sp³-hybridized carbons (Fsp3) is 0.143. The highest BCUT2D eigenvalue weighted by Crippen LogP contribution is 2.21. The number of nitrogens with zero attached hydrogens (tertiary/aromatic N) is 2. The summed E-state index contributed by atoms with van der Waals surface area (Å²) >= 11 is 0. The molecule has 0 radical (unpaired) electrons. The maximum atomic E-state index is 10.6. The summed E-state index contributed by atoms with van der Waals surface area (Å²) in [4.78, 5) is 10.6. The van der Waals surface area contributed by atoms with Crippen molar-refractivity contribution >= 4 is 24.1 Å². The number of carbonyl (C=O) groups excluding carboxylic acids is 1. The highest BCUT2D eigenvalue weighted by molar-refractivity contribution is 5.90. The molecule has 1 aromatic heterocycles. The molecule has 1 aliphatic heterocycles. The molecule has 0 aliphatic carbocycles. The molecular weight excluding hydrogens is 156 g/mol. The number of aromatic nitrogens is 2. The molecule has 2 rings (SSSR count). The van der Waals surface area contributed by atoms with Gasteiger partial charge in [0, 0.05) is 12.7 Å². The molecule has 12 heavy (non-hydrogen) atoms. The first kappa shape index (κ1) is 6.90. The zero-order valence-electron chi connectivity index (χ0n) is 6.32. The van der Waals surface area contributed by atoms with E-state index in [0.717, 1.165) is 0 Å². The SMILES string of the molecule is Nc1nn2c(c1C=O)NCC=C2. The molecule has 0 saturated carbocycles. The van der Waals surface area contributed by atoms with Crippen molar-refractivity contribution in [1.29, 1.82) is 0 Å². The molecule has 0 saturated heterocycles. The van der Waals surface area contributed by atoms with Gasteiger partial charge >= 0.3 is 0 Å². The molecule has 0 aromatic carbocycles. The van der Waals surface area contributed by atoms with Crippen molar-refractivity contribution in [2.75, 3.05) is 17.6 Å². The van der Waals surface area contributed by atoms with Crippen molar-refractivity contribution in [1.82, 2.24) is 9.78 Å².